The third-order valence-electron chi connectivity index (χ3n) is 2.57. The number of H-pyrrole nitrogens is 1. The molecule has 0 radical (unpaired) electrons. The minimum atomic E-state index is -0.0297. The molecular weight excluding hydrogens is 212 g/mol. The highest BCUT2D eigenvalue weighted by molar-refractivity contribution is 5.78. The lowest BCUT2D eigenvalue weighted by Gasteiger charge is -2.05. The Bertz CT molecular complexity index is 598. The number of pyridine rings is 1. The lowest BCUT2D eigenvalue weighted by Crippen LogP contribution is -2.22. The fourth-order valence-electron chi connectivity index (χ4n) is 1.73. The normalized spacial score (nSPS) is 10.6. The molecule has 1 aromatic carbocycles. The van der Waals surface area contributed by atoms with Crippen LogP contribution in [0.4, 0.5) is 0 Å². The number of benzene rings is 1. The SMILES string of the molecule is C=C(C)CNCc1cc2ccccc2[nH]c1=O. The first-order valence-electron chi connectivity index (χ1n) is 5.63. The number of fused-ring (bicyclic) bond motifs is 1. The minimum absolute atomic E-state index is 0.0297. The van der Waals surface area contributed by atoms with Gasteiger partial charge in [-0.2, -0.15) is 0 Å². The molecule has 0 bridgehead atoms. The van der Waals surface area contributed by atoms with Gasteiger partial charge < -0.3 is 10.3 Å². The highest BCUT2D eigenvalue weighted by Crippen LogP contribution is 2.09. The summed E-state index contributed by atoms with van der Waals surface area (Å²) in [6.07, 6.45) is 0. The van der Waals surface area contributed by atoms with E-state index in [1.807, 2.05) is 37.3 Å². The van der Waals surface area contributed by atoms with E-state index < -0.39 is 0 Å². The molecule has 3 heteroatoms. The maximum atomic E-state index is 11.8. The maximum absolute atomic E-state index is 11.8. The smallest absolute Gasteiger partial charge is 0.252 e. The number of aromatic amines is 1. The van der Waals surface area contributed by atoms with E-state index in [2.05, 4.69) is 16.9 Å². The molecule has 0 aliphatic carbocycles. The van der Waals surface area contributed by atoms with Crippen LogP contribution in [0.5, 0.6) is 0 Å². The van der Waals surface area contributed by atoms with Crippen LogP contribution in [0, 0.1) is 0 Å². The summed E-state index contributed by atoms with van der Waals surface area (Å²) in [6, 6.07) is 9.71. The molecule has 0 saturated carbocycles. The van der Waals surface area contributed by atoms with Crippen LogP contribution < -0.4 is 10.9 Å². The van der Waals surface area contributed by atoms with Gasteiger partial charge >= 0.3 is 0 Å². The first-order chi connectivity index (χ1) is 8.16. The molecule has 2 rings (SSSR count). The summed E-state index contributed by atoms with van der Waals surface area (Å²) in [5.41, 5.74) is 2.66. The summed E-state index contributed by atoms with van der Waals surface area (Å²) in [5.74, 6) is 0. The fraction of sp³-hybridized carbons (Fsp3) is 0.214. The number of rotatable bonds is 4. The predicted molar refractivity (Wildman–Crippen MR) is 71.1 cm³/mol. The first-order valence-corrected chi connectivity index (χ1v) is 5.63. The molecule has 0 aliphatic rings. The molecule has 0 saturated heterocycles. The van der Waals surface area contributed by atoms with Crippen molar-refractivity contribution < 1.29 is 0 Å². The third-order valence-corrected chi connectivity index (χ3v) is 2.57. The summed E-state index contributed by atoms with van der Waals surface area (Å²) in [7, 11) is 0. The Balaban J connectivity index is 2.25. The van der Waals surface area contributed by atoms with Crippen LogP contribution in [-0.2, 0) is 6.54 Å². The van der Waals surface area contributed by atoms with Gasteiger partial charge in [-0.05, 0) is 24.4 Å². The highest BCUT2D eigenvalue weighted by atomic mass is 16.1. The van der Waals surface area contributed by atoms with E-state index in [0.29, 0.717) is 6.54 Å². The summed E-state index contributed by atoms with van der Waals surface area (Å²) < 4.78 is 0. The van der Waals surface area contributed by atoms with E-state index in [1.165, 1.54) is 0 Å². The van der Waals surface area contributed by atoms with E-state index in [0.717, 1.165) is 28.6 Å². The largest absolute Gasteiger partial charge is 0.322 e. The second kappa shape index (κ2) is 4.97. The van der Waals surface area contributed by atoms with Crippen molar-refractivity contribution >= 4 is 10.9 Å². The third kappa shape index (κ3) is 2.82. The molecule has 1 aromatic heterocycles. The highest BCUT2D eigenvalue weighted by Gasteiger charge is 2.01. The van der Waals surface area contributed by atoms with Crippen LogP contribution in [0.2, 0.25) is 0 Å². The molecule has 0 atom stereocenters. The summed E-state index contributed by atoms with van der Waals surface area (Å²) in [6.45, 7) is 7.06. The Kier molecular flexibility index (Phi) is 3.40. The molecule has 1 heterocycles. The molecule has 0 fully saturated rings. The van der Waals surface area contributed by atoms with Gasteiger partial charge in [-0.1, -0.05) is 30.4 Å². The Morgan fingerprint density at radius 1 is 1.41 bits per heavy atom. The molecule has 17 heavy (non-hydrogen) atoms. The van der Waals surface area contributed by atoms with Crippen molar-refractivity contribution in [2.45, 2.75) is 13.5 Å². The molecule has 0 aliphatic heterocycles. The Morgan fingerprint density at radius 2 is 2.18 bits per heavy atom. The van der Waals surface area contributed by atoms with Gasteiger partial charge in [0.1, 0.15) is 0 Å². The molecular formula is C14H16N2O. The number of hydrogen-bond donors (Lipinski definition) is 2. The van der Waals surface area contributed by atoms with Crippen molar-refractivity contribution in [2.75, 3.05) is 6.54 Å². The number of nitrogens with one attached hydrogen (secondary N) is 2. The van der Waals surface area contributed by atoms with Gasteiger partial charge in [0, 0.05) is 24.2 Å². The second-order valence-corrected chi connectivity index (χ2v) is 4.27. The number of para-hydroxylation sites is 1. The summed E-state index contributed by atoms with van der Waals surface area (Å²) in [5, 5.41) is 4.24. The van der Waals surface area contributed by atoms with Crippen LogP contribution in [0.25, 0.3) is 10.9 Å². The second-order valence-electron chi connectivity index (χ2n) is 4.27. The Labute approximate surface area is 100 Å². The lowest BCUT2D eigenvalue weighted by molar-refractivity contribution is 0.735. The molecule has 3 nitrogen and oxygen atoms in total. The van der Waals surface area contributed by atoms with Gasteiger partial charge in [0.2, 0.25) is 0 Å². The molecule has 0 amide bonds. The Hall–Kier alpha value is -1.87. The maximum Gasteiger partial charge on any atom is 0.252 e. The predicted octanol–water partition coefficient (Wildman–Crippen LogP) is 2.19. The van der Waals surface area contributed by atoms with Crippen LogP contribution >= 0.6 is 0 Å². The van der Waals surface area contributed by atoms with E-state index in [1.54, 1.807) is 0 Å². The summed E-state index contributed by atoms with van der Waals surface area (Å²) >= 11 is 0. The first kappa shape index (κ1) is 11.6. The van der Waals surface area contributed by atoms with Crippen molar-refractivity contribution in [3.05, 3.63) is 58.4 Å². The average molecular weight is 228 g/mol. The van der Waals surface area contributed by atoms with Crippen molar-refractivity contribution in [1.82, 2.24) is 10.3 Å². The molecule has 0 spiro atoms. The molecule has 0 unspecified atom stereocenters. The van der Waals surface area contributed by atoms with Gasteiger partial charge in [0.15, 0.2) is 0 Å². The molecule has 88 valence electrons. The monoisotopic (exact) mass is 228 g/mol. The van der Waals surface area contributed by atoms with Crippen molar-refractivity contribution in [1.29, 1.82) is 0 Å². The van der Waals surface area contributed by atoms with Crippen molar-refractivity contribution in [2.24, 2.45) is 0 Å². The van der Waals surface area contributed by atoms with Crippen LogP contribution in [0.3, 0.4) is 0 Å². The topological polar surface area (TPSA) is 44.9 Å². The van der Waals surface area contributed by atoms with Crippen molar-refractivity contribution in [3.63, 3.8) is 0 Å². The lowest BCUT2D eigenvalue weighted by atomic mass is 10.1. The molecule has 2 aromatic rings. The van der Waals surface area contributed by atoms with Gasteiger partial charge in [-0.15, -0.1) is 0 Å². The summed E-state index contributed by atoms with van der Waals surface area (Å²) in [4.78, 5) is 14.7. The number of aromatic nitrogens is 1. The van der Waals surface area contributed by atoms with Crippen LogP contribution in [0.15, 0.2) is 47.3 Å². The van der Waals surface area contributed by atoms with Gasteiger partial charge in [0.05, 0.1) is 0 Å². The zero-order valence-electron chi connectivity index (χ0n) is 9.92. The average Bonchev–Trinajstić information content (AvgIpc) is 2.29. The number of hydrogen-bond acceptors (Lipinski definition) is 2. The van der Waals surface area contributed by atoms with E-state index in [4.69, 9.17) is 0 Å². The van der Waals surface area contributed by atoms with E-state index >= 15 is 0 Å². The zero-order valence-corrected chi connectivity index (χ0v) is 9.92. The van der Waals surface area contributed by atoms with E-state index in [9.17, 15) is 4.79 Å². The van der Waals surface area contributed by atoms with Gasteiger partial charge in [-0.3, -0.25) is 4.79 Å². The van der Waals surface area contributed by atoms with Crippen LogP contribution in [-0.4, -0.2) is 11.5 Å². The molecule has 2 N–H and O–H groups in total. The van der Waals surface area contributed by atoms with Crippen molar-refractivity contribution in [3.8, 4) is 0 Å². The van der Waals surface area contributed by atoms with Gasteiger partial charge in [0.25, 0.3) is 5.56 Å². The quantitative estimate of drug-likeness (QED) is 0.788. The fourth-order valence-corrected chi connectivity index (χ4v) is 1.73. The van der Waals surface area contributed by atoms with Gasteiger partial charge in [-0.25, -0.2) is 0 Å². The minimum Gasteiger partial charge on any atom is -0.322 e. The van der Waals surface area contributed by atoms with Crippen LogP contribution in [0.1, 0.15) is 12.5 Å². The van der Waals surface area contributed by atoms with E-state index in [-0.39, 0.29) is 5.56 Å². The zero-order chi connectivity index (χ0) is 12.3. The standard InChI is InChI=1S/C14H16N2O/c1-10(2)8-15-9-12-7-11-5-3-4-6-13(11)16-14(12)17/h3-7,15H,1,8-9H2,2H3,(H,16,17). The Morgan fingerprint density at radius 3 is 2.94 bits per heavy atom.